The van der Waals surface area contributed by atoms with Gasteiger partial charge in [0.2, 0.25) is 0 Å². The van der Waals surface area contributed by atoms with Gasteiger partial charge in [0, 0.05) is 14.0 Å². The summed E-state index contributed by atoms with van der Waals surface area (Å²) in [6.07, 6.45) is 2.31. The van der Waals surface area contributed by atoms with Gasteiger partial charge in [0.15, 0.2) is 0 Å². The van der Waals surface area contributed by atoms with Gasteiger partial charge in [0.25, 0.3) is 0 Å². The molecule has 0 aliphatic heterocycles. The molecule has 18 heavy (non-hydrogen) atoms. The Morgan fingerprint density at radius 1 is 0.944 bits per heavy atom. The van der Waals surface area contributed by atoms with Crippen LogP contribution in [0.15, 0.2) is 0 Å². The number of aliphatic hydroxyl groups is 1. The fourth-order valence-electron chi connectivity index (χ4n) is 1.44. The lowest BCUT2D eigenvalue weighted by Gasteiger charge is -2.45. The summed E-state index contributed by atoms with van der Waals surface area (Å²) in [5.74, 6) is 0. The molecule has 2 nitrogen and oxygen atoms in total. The molecule has 3 heteroatoms. The smallest absolute Gasteiger partial charge is 0.0716 e. The molecule has 0 rings (SSSR count). The van der Waals surface area contributed by atoms with Crippen molar-refractivity contribution in [3.8, 4) is 0 Å². The summed E-state index contributed by atoms with van der Waals surface area (Å²) in [7, 11) is 0.290. The van der Waals surface area contributed by atoms with Gasteiger partial charge in [-0.1, -0.05) is 41.0 Å². The van der Waals surface area contributed by atoms with Crippen LogP contribution in [-0.2, 0) is 4.52 Å². The number of rotatable bonds is 7. The molecule has 0 aromatic rings. The van der Waals surface area contributed by atoms with Crippen molar-refractivity contribution < 1.29 is 9.63 Å². The highest BCUT2D eigenvalue weighted by atomic mass is 31.1. The topological polar surface area (TPSA) is 29.5 Å². The van der Waals surface area contributed by atoms with Gasteiger partial charge in [-0.05, 0) is 39.5 Å². The van der Waals surface area contributed by atoms with Crippen LogP contribution >= 0.6 is 8.81 Å². The summed E-state index contributed by atoms with van der Waals surface area (Å²) >= 11 is 0. The largest absolute Gasteiger partial charge is 0.389 e. The Balaban J connectivity index is 4.72. The minimum Gasteiger partial charge on any atom is -0.389 e. The highest BCUT2D eigenvalue weighted by molar-refractivity contribution is 7.34. The zero-order chi connectivity index (χ0) is 14.8. The molecule has 0 aromatic carbocycles. The normalized spacial score (nSPS) is 15.7. The Labute approximate surface area is 116 Å². The van der Waals surface area contributed by atoms with Crippen LogP contribution in [-0.4, -0.2) is 21.5 Å². The van der Waals surface area contributed by atoms with Crippen LogP contribution in [0.5, 0.6) is 0 Å². The van der Waals surface area contributed by atoms with E-state index in [-0.39, 0.29) is 25.0 Å². The Hall–Kier alpha value is 0.350. The average molecular weight is 276 g/mol. The summed E-state index contributed by atoms with van der Waals surface area (Å²) in [5.41, 5.74) is -0.759. The van der Waals surface area contributed by atoms with E-state index >= 15 is 0 Å². The van der Waals surface area contributed by atoms with Crippen LogP contribution in [0.25, 0.3) is 0 Å². The second kappa shape index (κ2) is 5.77. The SMILES string of the molecule is CCCC(C)(C)C(C)(C)OPC(C)(C)C(C)(C)O. The van der Waals surface area contributed by atoms with E-state index in [9.17, 15) is 5.11 Å². The molecule has 0 saturated carbocycles. The molecule has 0 aliphatic carbocycles. The second-order valence-corrected chi connectivity index (χ2v) is 9.19. The predicted octanol–water partition coefficient (Wildman–Crippen LogP) is 4.75. The number of hydrogen-bond acceptors (Lipinski definition) is 2. The second-order valence-electron chi connectivity index (χ2n) is 7.53. The third-order valence-electron chi connectivity index (χ3n) is 4.60. The van der Waals surface area contributed by atoms with Crippen molar-refractivity contribution in [1.82, 2.24) is 0 Å². The summed E-state index contributed by atoms with van der Waals surface area (Å²) in [6, 6.07) is 0. The molecule has 0 aromatic heterocycles. The van der Waals surface area contributed by atoms with Crippen LogP contribution < -0.4 is 0 Å². The molecular weight excluding hydrogens is 243 g/mol. The number of hydrogen-bond donors (Lipinski definition) is 1. The van der Waals surface area contributed by atoms with E-state index in [0.29, 0.717) is 0 Å². The summed E-state index contributed by atoms with van der Waals surface area (Å²) < 4.78 is 6.21. The van der Waals surface area contributed by atoms with Crippen molar-refractivity contribution in [1.29, 1.82) is 0 Å². The summed E-state index contributed by atoms with van der Waals surface area (Å²) in [4.78, 5) is 0. The molecule has 1 atom stereocenters. The van der Waals surface area contributed by atoms with Crippen molar-refractivity contribution in [2.75, 3.05) is 0 Å². The van der Waals surface area contributed by atoms with Gasteiger partial charge in [-0.3, -0.25) is 0 Å². The fraction of sp³-hybridized carbons (Fsp3) is 1.00. The Morgan fingerprint density at radius 3 is 1.72 bits per heavy atom. The first kappa shape index (κ1) is 18.4. The van der Waals surface area contributed by atoms with Gasteiger partial charge < -0.3 is 9.63 Å². The minimum absolute atomic E-state index is 0.143. The first-order valence-corrected chi connectivity index (χ1v) is 7.85. The quantitative estimate of drug-likeness (QED) is 0.680. The minimum atomic E-state index is -0.726. The van der Waals surface area contributed by atoms with Crippen molar-refractivity contribution in [3.63, 3.8) is 0 Å². The van der Waals surface area contributed by atoms with E-state index in [4.69, 9.17) is 4.52 Å². The maximum Gasteiger partial charge on any atom is 0.0716 e. The fourth-order valence-corrected chi connectivity index (χ4v) is 2.48. The van der Waals surface area contributed by atoms with Crippen molar-refractivity contribution in [3.05, 3.63) is 0 Å². The van der Waals surface area contributed by atoms with Crippen molar-refractivity contribution >= 4 is 8.81 Å². The van der Waals surface area contributed by atoms with Crippen molar-refractivity contribution in [2.45, 2.75) is 91.5 Å². The molecule has 0 radical (unpaired) electrons. The third kappa shape index (κ3) is 4.47. The molecule has 0 heterocycles. The average Bonchev–Trinajstić information content (AvgIpc) is 2.13. The molecule has 0 fully saturated rings. The van der Waals surface area contributed by atoms with E-state index in [1.54, 1.807) is 0 Å². The standard InChI is InChI=1S/C15H33O2P/c1-10-11-12(2,3)14(6,7)17-18-15(8,9)13(4,5)16/h16,18H,10-11H2,1-9H3. The van der Waals surface area contributed by atoms with E-state index in [2.05, 4.69) is 48.5 Å². The molecule has 1 N–H and O–H groups in total. The summed E-state index contributed by atoms with van der Waals surface area (Å²) in [5, 5.41) is 9.95. The Kier molecular flexibility index (Phi) is 5.88. The molecule has 1 unspecified atom stereocenters. The highest BCUT2D eigenvalue weighted by Crippen LogP contribution is 2.48. The van der Waals surface area contributed by atoms with E-state index < -0.39 is 5.60 Å². The lowest BCUT2D eigenvalue weighted by atomic mass is 9.74. The Morgan fingerprint density at radius 2 is 1.39 bits per heavy atom. The molecule has 0 amide bonds. The van der Waals surface area contributed by atoms with Gasteiger partial charge in [-0.15, -0.1) is 0 Å². The first-order valence-electron chi connectivity index (χ1n) is 6.94. The van der Waals surface area contributed by atoms with Gasteiger partial charge >= 0.3 is 0 Å². The van der Waals surface area contributed by atoms with E-state index in [1.165, 1.54) is 0 Å². The predicted molar refractivity (Wildman–Crippen MR) is 82.5 cm³/mol. The highest BCUT2D eigenvalue weighted by Gasteiger charge is 2.41. The maximum absolute atomic E-state index is 10.2. The van der Waals surface area contributed by atoms with Gasteiger partial charge in [0.05, 0.1) is 11.2 Å². The summed E-state index contributed by atoms with van der Waals surface area (Å²) in [6.45, 7) is 18.9. The van der Waals surface area contributed by atoms with Crippen LogP contribution in [0.2, 0.25) is 0 Å². The van der Waals surface area contributed by atoms with Crippen LogP contribution in [0.3, 0.4) is 0 Å². The molecule has 0 bridgehead atoms. The zero-order valence-electron chi connectivity index (χ0n) is 13.8. The molecule has 0 aliphatic rings. The molecule has 110 valence electrons. The van der Waals surface area contributed by atoms with E-state index in [1.807, 2.05) is 13.8 Å². The van der Waals surface area contributed by atoms with Crippen LogP contribution in [0, 0.1) is 5.41 Å². The van der Waals surface area contributed by atoms with Gasteiger partial charge in [-0.25, -0.2) is 0 Å². The van der Waals surface area contributed by atoms with Crippen molar-refractivity contribution in [2.24, 2.45) is 5.41 Å². The first-order chi connectivity index (χ1) is 7.77. The van der Waals surface area contributed by atoms with E-state index in [0.717, 1.165) is 12.8 Å². The molecular formula is C15H33O2P. The lowest BCUT2D eigenvalue weighted by molar-refractivity contribution is -0.0139. The molecule has 0 saturated heterocycles. The van der Waals surface area contributed by atoms with Gasteiger partial charge in [0.1, 0.15) is 0 Å². The Bertz CT molecular complexity index is 262. The van der Waals surface area contributed by atoms with Crippen LogP contribution in [0.1, 0.15) is 75.2 Å². The third-order valence-corrected chi connectivity index (χ3v) is 6.33. The monoisotopic (exact) mass is 276 g/mol. The maximum atomic E-state index is 10.2. The zero-order valence-corrected chi connectivity index (χ0v) is 14.8. The molecule has 0 spiro atoms. The van der Waals surface area contributed by atoms with Crippen LogP contribution in [0.4, 0.5) is 0 Å². The van der Waals surface area contributed by atoms with Gasteiger partial charge in [-0.2, -0.15) is 0 Å². The lowest BCUT2D eigenvalue weighted by Crippen LogP contribution is -2.45.